The Hall–Kier alpha value is -2.54. The molecule has 2 aromatic rings. The van der Waals surface area contributed by atoms with Gasteiger partial charge in [0.05, 0.1) is 11.9 Å². The molecule has 28 heavy (non-hydrogen) atoms. The summed E-state index contributed by atoms with van der Waals surface area (Å²) >= 11 is 4.61. The van der Waals surface area contributed by atoms with E-state index in [1.807, 2.05) is 30.1 Å². The van der Waals surface area contributed by atoms with Crippen LogP contribution in [0.15, 0.2) is 47.6 Å². The summed E-state index contributed by atoms with van der Waals surface area (Å²) in [5.41, 5.74) is 9.20. The summed E-state index contributed by atoms with van der Waals surface area (Å²) in [4.78, 5) is 1.86. The van der Waals surface area contributed by atoms with Crippen LogP contribution < -0.4 is 16.1 Å². The number of thiocarbonyl (C=S) groups is 1. The Kier molecular flexibility index (Phi) is 6.57. The van der Waals surface area contributed by atoms with E-state index < -0.39 is 11.6 Å². The highest BCUT2D eigenvalue weighted by Crippen LogP contribution is 2.34. The molecule has 1 saturated carbocycles. The van der Waals surface area contributed by atoms with Crippen LogP contribution in [-0.4, -0.2) is 24.4 Å². The maximum atomic E-state index is 14.6. The third-order valence-electron chi connectivity index (χ3n) is 5.25. The zero-order valence-electron chi connectivity index (χ0n) is 15.7. The number of hydrogen-bond acceptors (Lipinski definition) is 3. The lowest BCUT2D eigenvalue weighted by Gasteiger charge is -2.27. The third kappa shape index (κ3) is 5.04. The van der Waals surface area contributed by atoms with Crippen molar-refractivity contribution in [3.63, 3.8) is 0 Å². The van der Waals surface area contributed by atoms with Gasteiger partial charge in [-0.1, -0.05) is 30.3 Å². The minimum absolute atomic E-state index is 0.0341. The number of hydrogen-bond donors (Lipinski definition) is 2. The minimum Gasteiger partial charge on any atom is -0.375 e. The fourth-order valence-electron chi connectivity index (χ4n) is 3.82. The Labute approximate surface area is 169 Å². The first-order valence-electron chi connectivity index (χ1n) is 9.28. The second kappa shape index (κ2) is 9.10. The summed E-state index contributed by atoms with van der Waals surface area (Å²) in [6, 6.07) is 12.9. The molecule has 3 N–H and O–H groups in total. The molecule has 0 heterocycles. The van der Waals surface area contributed by atoms with Crippen molar-refractivity contribution < 1.29 is 8.78 Å². The minimum atomic E-state index is -0.546. The number of nitrogens with zero attached hydrogens (tertiary/aromatic N) is 2. The van der Waals surface area contributed by atoms with Crippen LogP contribution >= 0.6 is 12.2 Å². The van der Waals surface area contributed by atoms with Crippen LogP contribution in [0, 0.1) is 17.6 Å². The summed E-state index contributed by atoms with van der Waals surface area (Å²) in [7, 11) is 1.83. The number of rotatable bonds is 6. The molecule has 1 fully saturated rings. The van der Waals surface area contributed by atoms with Crippen molar-refractivity contribution in [2.75, 3.05) is 11.9 Å². The second-order valence-electron chi connectivity index (χ2n) is 7.19. The molecule has 4 nitrogen and oxygen atoms in total. The van der Waals surface area contributed by atoms with Gasteiger partial charge >= 0.3 is 0 Å². The van der Waals surface area contributed by atoms with Gasteiger partial charge in [-0.15, -0.1) is 0 Å². The van der Waals surface area contributed by atoms with Gasteiger partial charge in [-0.05, 0) is 55.4 Å². The molecule has 148 valence electrons. The van der Waals surface area contributed by atoms with Gasteiger partial charge in [0.2, 0.25) is 0 Å². The number of nitrogens with one attached hydrogen (secondary N) is 1. The maximum Gasteiger partial charge on any atom is 0.184 e. The predicted octanol–water partition coefficient (Wildman–Crippen LogP) is 3.98. The van der Waals surface area contributed by atoms with Gasteiger partial charge < -0.3 is 10.6 Å². The molecule has 1 unspecified atom stereocenters. The van der Waals surface area contributed by atoms with E-state index >= 15 is 0 Å². The van der Waals surface area contributed by atoms with Crippen LogP contribution in [0.2, 0.25) is 0 Å². The fourth-order valence-corrected chi connectivity index (χ4v) is 3.87. The number of anilines is 1. The van der Waals surface area contributed by atoms with Crippen LogP contribution in [0.25, 0.3) is 0 Å². The van der Waals surface area contributed by atoms with Crippen molar-refractivity contribution in [3.8, 4) is 0 Å². The highest BCUT2D eigenvalue weighted by Gasteiger charge is 2.29. The van der Waals surface area contributed by atoms with Crippen LogP contribution in [-0.2, 0) is 6.42 Å². The lowest BCUT2D eigenvalue weighted by atomic mass is 9.98. The smallest absolute Gasteiger partial charge is 0.184 e. The van der Waals surface area contributed by atoms with E-state index in [0.29, 0.717) is 5.92 Å². The van der Waals surface area contributed by atoms with Crippen molar-refractivity contribution in [1.29, 1.82) is 0 Å². The number of halogens is 2. The highest BCUT2D eigenvalue weighted by atomic mass is 32.1. The zero-order valence-corrected chi connectivity index (χ0v) is 16.6. The first kappa shape index (κ1) is 20.2. The van der Waals surface area contributed by atoms with Gasteiger partial charge in [-0.25, -0.2) is 8.78 Å². The summed E-state index contributed by atoms with van der Waals surface area (Å²) in [6.07, 6.45) is 5.20. The number of benzene rings is 2. The van der Waals surface area contributed by atoms with Crippen LogP contribution in [0.3, 0.4) is 0 Å². The molecule has 0 saturated heterocycles. The van der Waals surface area contributed by atoms with E-state index in [2.05, 4.69) is 34.9 Å². The molecule has 7 heteroatoms. The largest absolute Gasteiger partial charge is 0.375 e. The molecular formula is C21H24F2N4S. The molecule has 0 radical (unpaired) electrons. The average molecular weight is 403 g/mol. The van der Waals surface area contributed by atoms with E-state index in [-0.39, 0.29) is 22.4 Å². The molecule has 2 atom stereocenters. The monoisotopic (exact) mass is 402 g/mol. The molecule has 0 aliphatic heterocycles. The van der Waals surface area contributed by atoms with E-state index in [1.165, 1.54) is 11.6 Å². The molecule has 0 amide bonds. The Morgan fingerprint density at radius 2 is 2.00 bits per heavy atom. The van der Waals surface area contributed by atoms with Gasteiger partial charge in [-0.2, -0.15) is 5.10 Å². The Bertz CT molecular complexity index is 857. The molecule has 3 rings (SSSR count). The zero-order chi connectivity index (χ0) is 20.1. The van der Waals surface area contributed by atoms with E-state index in [4.69, 9.17) is 5.73 Å². The standard InChI is InChI=1S/C21H24F2N4S/c1-27(17-8-7-15(10-17)9-14-5-3-2-4-6-14)20-12-18(22)16(11-19(20)23)13-25-26-21(24)28/h2-6,11-13,15,17H,7-10H2,1H3,(H3,24,26,28)/b25-13+/t15?,17-/m0/s1. The average Bonchev–Trinajstić information content (AvgIpc) is 3.12. The van der Waals surface area contributed by atoms with E-state index in [9.17, 15) is 8.78 Å². The van der Waals surface area contributed by atoms with Crippen molar-refractivity contribution in [2.45, 2.75) is 31.7 Å². The summed E-state index contributed by atoms with van der Waals surface area (Å²) in [5.74, 6) is -0.469. The molecule has 0 bridgehead atoms. The molecule has 0 aromatic heterocycles. The third-order valence-corrected chi connectivity index (χ3v) is 5.34. The molecule has 0 spiro atoms. The second-order valence-corrected chi connectivity index (χ2v) is 7.63. The van der Waals surface area contributed by atoms with Gasteiger partial charge in [0.1, 0.15) is 11.6 Å². The van der Waals surface area contributed by atoms with Crippen molar-refractivity contribution in [1.82, 2.24) is 5.43 Å². The first-order chi connectivity index (χ1) is 13.4. The molecular weight excluding hydrogens is 378 g/mol. The maximum absolute atomic E-state index is 14.6. The lowest BCUT2D eigenvalue weighted by molar-refractivity contribution is 0.524. The highest BCUT2D eigenvalue weighted by molar-refractivity contribution is 7.80. The molecule has 2 aromatic carbocycles. The van der Waals surface area contributed by atoms with Crippen molar-refractivity contribution >= 4 is 29.2 Å². The fraction of sp³-hybridized carbons (Fsp3) is 0.333. The first-order valence-corrected chi connectivity index (χ1v) is 9.69. The Morgan fingerprint density at radius 1 is 1.25 bits per heavy atom. The van der Waals surface area contributed by atoms with Crippen LogP contribution in [0.5, 0.6) is 0 Å². The topological polar surface area (TPSA) is 53.6 Å². The van der Waals surface area contributed by atoms with Gasteiger partial charge in [0, 0.05) is 24.7 Å². The molecule has 1 aliphatic rings. The van der Waals surface area contributed by atoms with Crippen molar-refractivity contribution in [3.05, 3.63) is 65.2 Å². The molecule has 1 aliphatic carbocycles. The van der Waals surface area contributed by atoms with Gasteiger partial charge in [0.25, 0.3) is 0 Å². The number of hydrazone groups is 1. The van der Waals surface area contributed by atoms with Crippen LogP contribution in [0.4, 0.5) is 14.5 Å². The quantitative estimate of drug-likeness (QED) is 0.436. The summed E-state index contributed by atoms with van der Waals surface area (Å²) in [6.45, 7) is 0. The van der Waals surface area contributed by atoms with Crippen LogP contribution in [0.1, 0.15) is 30.4 Å². The Morgan fingerprint density at radius 3 is 2.71 bits per heavy atom. The van der Waals surface area contributed by atoms with Gasteiger partial charge in [0.15, 0.2) is 5.11 Å². The van der Waals surface area contributed by atoms with E-state index in [0.717, 1.165) is 38.0 Å². The lowest BCUT2D eigenvalue weighted by Crippen LogP contribution is -2.30. The number of nitrogens with two attached hydrogens (primary N) is 1. The van der Waals surface area contributed by atoms with Crippen molar-refractivity contribution in [2.24, 2.45) is 16.8 Å². The summed E-state index contributed by atoms with van der Waals surface area (Å²) in [5, 5.41) is 3.64. The normalized spacial score (nSPS) is 19.1. The predicted molar refractivity (Wildman–Crippen MR) is 114 cm³/mol. The summed E-state index contributed by atoms with van der Waals surface area (Å²) < 4.78 is 29.0. The Balaban J connectivity index is 1.67. The van der Waals surface area contributed by atoms with Gasteiger partial charge in [-0.3, -0.25) is 5.43 Å². The van der Waals surface area contributed by atoms with E-state index in [1.54, 1.807) is 0 Å². The SMILES string of the molecule is CN(c1cc(F)c(/C=N/NC(N)=S)cc1F)[C@H]1CCC(Cc2ccccc2)C1.